The third-order valence-electron chi connectivity index (χ3n) is 3.18. The lowest BCUT2D eigenvalue weighted by atomic mass is 10.1. The van der Waals surface area contributed by atoms with Crippen LogP contribution in [-0.4, -0.2) is 34.6 Å². The molecule has 0 spiro atoms. The molecule has 0 radical (unpaired) electrons. The molecule has 1 atom stereocenters. The van der Waals surface area contributed by atoms with Crippen molar-refractivity contribution < 1.29 is 0 Å². The Labute approximate surface area is 119 Å². The zero-order chi connectivity index (χ0) is 14.8. The van der Waals surface area contributed by atoms with Gasteiger partial charge in [0.25, 0.3) is 11.3 Å². The number of nitrogens with one attached hydrogen (secondary N) is 1. The molecule has 0 amide bonds. The Morgan fingerprint density at radius 1 is 1.48 bits per heavy atom. The third kappa shape index (κ3) is 2.68. The summed E-state index contributed by atoms with van der Waals surface area (Å²) in [5.41, 5.74) is 7.11. The van der Waals surface area contributed by atoms with Gasteiger partial charge < -0.3 is 5.73 Å². The van der Waals surface area contributed by atoms with Crippen LogP contribution in [0.3, 0.4) is 0 Å². The van der Waals surface area contributed by atoms with E-state index in [-0.39, 0.29) is 11.6 Å². The lowest BCUT2D eigenvalue weighted by molar-refractivity contribution is 0.616. The zero-order valence-corrected chi connectivity index (χ0v) is 11.6. The summed E-state index contributed by atoms with van der Waals surface area (Å²) in [5.74, 6) is 0.334. The smallest absolute Gasteiger partial charge is 0.274 e. The van der Waals surface area contributed by atoms with Crippen LogP contribution >= 0.6 is 0 Å². The van der Waals surface area contributed by atoms with Crippen molar-refractivity contribution in [3.05, 3.63) is 40.3 Å². The van der Waals surface area contributed by atoms with E-state index in [4.69, 9.17) is 5.73 Å². The number of H-pyrrole nitrogens is 1. The van der Waals surface area contributed by atoms with Crippen molar-refractivity contribution in [3.63, 3.8) is 0 Å². The molecule has 3 rings (SSSR count). The summed E-state index contributed by atoms with van der Waals surface area (Å²) in [6, 6.07) is 1.33. The van der Waals surface area contributed by atoms with E-state index in [1.165, 1.54) is 16.9 Å². The highest BCUT2D eigenvalue weighted by molar-refractivity contribution is 5.26. The molecule has 0 aliphatic heterocycles. The van der Waals surface area contributed by atoms with Crippen LogP contribution in [0.25, 0.3) is 5.78 Å². The summed E-state index contributed by atoms with van der Waals surface area (Å²) in [5, 5.41) is 10.8. The molecule has 0 aliphatic rings. The van der Waals surface area contributed by atoms with E-state index in [1.807, 2.05) is 0 Å². The van der Waals surface area contributed by atoms with E-state index >= 15 is 0 Å². The standard InChI is InChI=1S/C12H16N8O/c1-2-3-9(13)10-6-19(18-17-10)5-8-4-11(21)20-12(16-8)14-7-15-20/h4,6-7,9H,2-3,5,13H2,1H3,(H,14,15,16). The SMILES string of the molecule is CCCC(N)c1cn(Cc2cc(=O)n3[nH]cnc3n2)nn1. The van der Waals surface area contributed by atoms with Crippen LogP contribution in [0.5, 0.6) is 0 Å². The maximum Gasteiger partial charge on any atom is 0.274 e. The fraction of sp³-hybridized carbons (Fsp3) is 0.417. The maximum absolute atomic E-state index is 11.8. The van der Waals surface area contributed by atoms with E-state index in [0.29, 0.717) is 18.0 Å². The van der Waals surface area contributed by atoms with Crippen molar-refractivity contribution in [2.75, 3.05) is 0 Å². The molecule has 0 saturated carbocycles. The predicted molar refractivity (Wildman–Crippen MR) is 74.6 cm³/mol. The van der Waals surface area contributed by atoms with E-state index in [2.05, 4.69) is 32.3 Å². The van der Waals surface area contributed by atoms with Crippen LogP contribution in [0.15, 0.2) is 23.4 Å². The summed E-state index contributed by atoms with van der Waals surface area (Å²) < 4.78 is 2.89. The highest BCUT2D eigenvalue weighted by atomic mass is 16.1. The van der Waals surface area contributed by atoms with Gasteiger partial charge in [-0.1, -0.05) is 18.6 Å². The van der Waals surface area contributed by atoms with Gasteiger partial charge in [0, 0.05) is 6.07 Å². The average Bonchev–Trinajstić information content (AvgIpc) is 3.08. The average molecular weight is 288 g/mol. The van der Waals surface area contributed by atoms with E-state index in [0.717, 1.165) is 18.5 Å². The van der Waals surface area contributed by atoms with Gasteiger partial charge in [-0.25, -0.2) is 14.6 Å². The second-order valence-electron chi connectivity index (χ2n) is 4.84. The Morgan fingerprint density at radius 3 is 3.14 bits per heavy atom. The van der Waals surface area contributed by atoms with Gasteiger partial charge in [0.15, 0.2) is 0 Å². The minimum Gasteiger partial charge on any atom is -0.323 e. The molecule has 3 aromatic rings. The predicted octanol–water partition coefficient (Wildman–Crippen LogP) is -0.143. The zero-order valence-electron chi connectivity index (χ0n) is 11.6. The van der Waals surface area contributed by atoms with Gasteiger partial charge in [-0.05, 0) is 6.42 Å². The summed E-state index contributed by atoms with van der Waals surface area (Å²) in [4.78, 5) is 20.1. The van der Waals surface area contributed by atoms with Crippen LogP contribution in [0, 0.1) is 0 Å². The van der Waals surface area contributed by atoms with Gasteiger partial charge in [-0.15, -0.1) is 5.10 Å². The monoisotopic (exact) mass is 288 g/mol. The Balaban J connectivity index is 1.83. The highest BCUT2D eigenvalue weighted by Gasteiger charge is 2.11. The Bertz CT molecular complexity index is 801. The van der Waals surface area contributed by atoms with Crippen LogP contribution in [0.4, 0.5) is 0 Å². The first kappa shape index (κ1) is 13.4. The number of aromatic nitrogens is 7. The largest absolute Gasteiger partial charge is 0.323 e. The molecular formula is C12H16N8O. The summed E-state index contributed by atoms with van der Waals surface area (Å²) in [6.07, 6.45) is 5.05. The molecule has 0 bridgehead atoms. The summed E-state index contributed by atoms with van der Waals surface area (Å²) in [6.45, 7) is 2.42. The first-order valence-corrected chi connectivity index (χ1v) is 6.75. The summed E-state index contributed by atoms with van der Waals surface area (Å²) in [7, 11) is 0. The van der Waals surface area contributed by atoms with Gasteiger partial charge >= 0.3 is 0 Å². The molecule has 0 fully saturated rings. The number of aromatic amines is 1. The Kier molecular flexibility index (Phi) is 3.48. The molecule has 3 aromatic heterocycles. The molecule has 0 aromatic carbocycles. The normalized spacial score (nSPS) is 12.9. The first-order chi connectivity index (χ1) is 10.2. The van der Waals surface area contributed by atoms with Crippen molar-refractivity contribution in [1.29, 1.82) is 0 Å². The lowest BCUT2D eigenvalue weighted by Gasteiger charge is -2.04. The van der Waals surface area contributed by atoms with Crippen LogP contribution in [0.2, 0.25) is 0 Å². The molecule has 3 heterocycles. The molecule has 1 unspecified atom stereocenters. The van der Waals surface area contributed by atoms with E-state index in [1.54, 1.807) is 10.9 Å². The number of hydrogen-bond acceptors (Lipinski definition) is 6. The number of fused-ring (bicyclic) bond motifs is 1. The highest BCUT2D eigenvalue weighted by Crippen LogP contribution is 2.12. The number of nitrogens with two attached hydrogens (primary N) is 1. The molecule has 9 heteroatoms. The lowest BCUT2D eigenvalue weighted by Crippen LogP contribution is -2.17. The van der Waals surface area contributed by atoms with Gasteiger partial charge in [0.05, 0.1) is 30.2 Å². The van der Waals surface area contributed by atoms with Gasteiger partial charge in [-0.3, -0.25) is 9.89 Å². The Morgan fingerprint density at radius 2 is 2.33 bits per heavy atom. The van der Waals surface area contributed by atoms with Crippen molar-refractivity contribution >= 4 is 5.78 Å². The third-order valence-corrected chi connectivity index (χ3v) is 3.18. The fourth-order valence-corrected chi connectivity index (χ4v) is 2.14. The molecule has 0 saturated heterocycles. The minimum atomic E-state index is -0.212. The first-order valence-electron chi connectivity index (χ1n) is 6.75. The van der Waals surface area contributed by atoms with E-state index in [9.17, 15) is 4.79 Å². The summed E-state index contributed by atoms with van der Waals surface area (Å²) >= 11 is 0. The van der Waals surface area contributed by atoms with Gasteiger partial charge in [-0.2, -0.15) is 4.52 Å². The van der Waals surface area contributed by atoms with Gasteiger partial charge in [0.1, 0.15) is 6.33 Å². The molecule has 21 heavy (non-hydrogen) atoms. The second-order valence-corrected chi connectivity index (χ2v) is 4.84. The number of nitrogens with zero attached hydrogens (tertiary/aromatic N) is 6. The number of rotatable bonds is 5. The van der Waals surface area contributed by atoms with E-state index < -0.39 is 0 Å². The minimum absolute atomic E-state index is 0.115. The van der Waals surface area contributed by atoms with Crippen molar-refractivity contribution in [3.8, 4) is 0 Å². The van der Waals surface area contributed by atoms with Crippen LogP contribution in [-0.2, 0) is 6.54 Å². The molecule has 3 N–H and O–H groups in total. The quantitative estimate of drug-likeness (QED) is 0.674. The van der Waals surface area contributed by atoms with Crippen molar-refractivity contribution in [2.24, 2.45) is 5.73 Å². The second kappa shape index (κ2) is 5.44. The van der Waals surface area contributed by atoms with Crippen molar-refractivity contribution in [2.45, 2.75) is 32.4 Å². The molecular weight excluding hydrogens is 272 g/mol. The number of hydrogen-bond donors (Lipinski definition) is 2. The molecule has 0 aliphatic carbocycles. The topological polar surface area (TPSA) is 120 Å². The Hall–Kier alpha value is -2.55. The van der Waals surface area contributed by atoms with Crippen LogP contribution in [0.1, 0.15) is 37.2 Å². The fourth-order valence-electron chi connectivity index (χ4n) is 2.14. The van der Waals surface area contributed by atoms with Crippen LogP contribution < -0.4 is 11.3 Å². The molecule has 110 valence electrons. The maximum atomic E-state index is 11.8. The van der Waals surface area contributed by atoms with Crippen molar-refractivity contribution in [1.82, 2.24) is 34.6 Å². The van der Waals surface area contributed by atoms with Gasteiger partial charge in [0.2, 0.25) is 0 Å². The molecule has 9 nitrogen and oxygen atoms in total.